The molecule has 0 atom stereocenters. The van der Waals surface area contributed by atoms with Gasteiger partial charge < -0.3 is 24.2 Å². The molecule has 0 aliphatic carbocycles. The van der Waals surface area contributed by atoms with E-state index in [1.807, 2.05) is 34.2 Å². The lowest BCUT2D eigenvalue weighted by Crippen LogP contribution is -2.52. The number of hydrogen-bond donors (Lipinski definition) is 0. The van der Waals surface area contributed by atoms with Gasteiger partial charge in [0.05, 0.1) is 14.2 Å². The third kappa shape index (κ3) is 3.34. The molecular weight excluding hydrogens is 344 g/mol. The minimum atomic E-state index is 0.185. The molecule has 0 unspecified atom stereocenters. The summed E-state index contributed by atoms with van der Waals surface area (Å²) >= 11 is 0. The molecule has 0 N–H and O–H groups in total. The van der Waals surface area contributed by atoms with E-state index >= 15 is 0 Å². The first-order chi connectivity index (χ1) is 13.2. The lowest BCUT2D eigenvalue weighted by atomic mass is 10.1. The van der Waals surface area contributed by atoms with Crippen molar-refractivity contribution in [2.45, 2.75) is 12.8 Å². The number of carbonyl (C=O) groups is 1. The van der Waals surface area contributed by atoms with Gasteiger partial charge in [0.25, 0.3) is 0 Å². The summed E-state index contributed by atoms with van der Waals surface area (Å²) in [5, 5.41) is 2.10. The molecule has 2 saturated heterocycles. The number of benzene rings is 1. The number of aromatic nitrogens is 1. The Morgan fingerprint density at radius 1 is 0.926 bits per heavy atom. The number of urea groups is 1. The van der Waals surface area contributed by atoms with Gasteiger partial charge in [-0.25, -0.2) is 9.78 Å². The minimum Gasteiger partial charge on any atom is -0.493 e. The highest BCUT2D eigenvalue weighted by molar-refractivity contribution is 5.94. The zero-order valence-electron chi connectivity index (χ0n) is 16.0. The molecule has 2 aliphatic rings. The molecule has 2 amide bonds. The number of hydrogen-bond acceptors (Lipinski definition) is 5. The zero-order valence-corrected chi connectivity index (χ0v) is 16.0. The van der Waals surface area contributed by atoms with Crippen molar-refractivity contribution in [3.05, 3.63) is 24.4 Å². The van der Waals surface area contributed by atoms with Crippen molar-refractivity contribution in [1.82, 2.24) is 14.8 Å². The molecule has 27 heavy (non-hydrogen) atoms. The number of amides is 2. The molecule has 2 aliphatic heterocycles. The van der Waals surface area contributed by atoms with Crippen LogP contribution in [0.3, 0.4) is 0 Å². The van der Waals surface area contributed by atoms with E-state index in [-0.39, 0.29) is 6.03 Å². The van der Waals surface area contributed by atoms with E-state index in [9.17, 15) is 4.79 Å². The molecule has 0 spiro atoms. The first-order valence-corrected chi connectivity index (χ1v) is 9.51. The monoisotopic (exact) mass is 370 g/mol. The first-order valence-electron chi connectivity index (χ1n) is 9.51. The molecule has 0 saturated carbocycles. The lowest BCUT2D eigenvalue weighted by molar-refractivity contribution is 0.159. The van der Waals surface area contributed by atoms with Crippen molar-refractivity contribution in [1.29, 1.82) is 0 Å². The maximum Gasteiger partial charge on any atom is 0.320 e. The average molecular weight is 370 g/mol. The van der Waals surface area contributed by atoms with Crippen LogP contribution in [0.4, 0.5) is 10.6 Å². The highest BCUT2D eigenvalue weighted by Crippen LogP contribution is 2.35. The summed E-state index contributed by atoms with van der Waals surface area (Å²) in [5.41, 5.74) is 0. The van der Waals surface area contributed by atoms with Gasteiger partial charge in [-0.15, -0.1) is 0 Å². The fourth-order valence-electron chi connectivity index (χ4n) is 3.95. The van der Waals surface area contributed by atoms with Crippen LogP contribution in [0.25, 0.3) is 10.8 Å². The van der Waals surface area contributed by atoms with E-state index in [1.54, 1.807) is 14.2 Å². The number of anilines is 1. The van der Waals surface area contributed by atoms with Crippen LogP contribution in [-0.4, -0.2) is 74.3 Å². The number of carbonyl (C=O) groups excluding carboxylic acids is 1. The van der Waals surface area contributed by atoms with Gasteiger partial charge in [-0.3, -0.25) is 0 Å². The van der Waals surface area contributed by atoms with E-state index in [4.69, 9.17) is 9.47 Å². The fourth-order valence-corrected chi connectivity index (χ4v) is 3.95. The molecule has 1 aromatic heterocycles. The molecule has 7 nitrogen and oxygen atoms in total. The Hall–Kier alpha value is -2.70. The number of methoxy groups -OCH3 is 2. The molecule has 2 aromatic rings. The molecule has 1 aromatic carbocycles. The van der Waals surface area contributed by atoms with Crippen molar-refractivity contribution in [3.8, 4) is 11.5 Å². The first kappa shape index (κ1) is 17.7. The normalized spacial score (nSPS) is 17.5. The third-order valence-electron chi connectivity index (χ3n) is 5.47. The molecule has 0 radical (unpaired) electrons. The van der Waals surface area contributed by atoms with Gasteiger partial charge in [0, 0.05) is 50.9 Å². The number of pyridine rings is 1. The van der Waals surface area contributed by atoms with Gasteiger partial charge >= 0.3 is 6.03 Å². The highest BCUT2D eigenvalue weighted by Gasteiger charge is 2.27. The van der Waals surface area contributed by atoms with Crippen LogP contribution in [0, 0.1) is 0 Å². The van der Waals surface area contributed by atoms with Gasteiger partial charge in [0.2, 0.25) is 0 Å². The van der Waals surface area contributed by atoms with Crippen LogP contribution in [0.15, 0.2) is 24.4 Å². The van der Waals surface area contributed by atoms with Gasteiger partial charge in [0.15, 0.2) is 11.5 Å². The van der Waals surface area contributed by atoms with E-state index in [2.05, 4.69) is 9.88 Å². The number of fused-ring (bicyclic) bond motifs is 1. The molecular formula is C20H26N4O3. The second kappa shape index (κ2) is 7.50. The zero-order chi connectivity index (χ0) is 18.8. The summed E-state index contributed by atoms with van der Waals surface area (Å²) in [6.45, 7) is 4.79. The second-order valence-electron chi connectivity index (χ2n) is 7.01. The topological polar surface area (TPSA) is 58.1 Å². The van der Waals surface area contributed by atoms with Crippen LogP contribution in [0.1, 0.15) is 12.8 Å². The van der Waals surface area contributed by atoms with Gasteiger partial charge in [-0.2, -0.15) is 0 Å². The van der Waals surface area contributed by atoms with Crippen molar-refractivity contribution in [3.63, 3.8) is 0 Å². The number of ether oxygens (including phenoxy) is 2. The Morgan fingerprint density at radius 3 is 2.22 bits per heavy atom. The maximum absolute atomic E-state index is 12.6. The minimum absolute atomic E-state index is 0.185. The molecule has 3 heterocycles. The summed E-state index contributed by atoms with van der Waals surface area (Å²) in [5.74, 6) is 2.34. The Labute approximate surface area is 159 Å². The standard InChI is InChI=1S/C20H26N4O3/c1-26-17-13-15-5-6-21-19(16(15)14-18(17)27-2)22-9-11-24(12-10-22)20(25)23-7-3-4-8-23/h5-6,13-14H,3-4,7-12H2,1-2H3. The number of likely N-dealkylation sites (tertiary alicyclic amines) is 1. The summed E-state index contributed by atoms with van der Waals surface area (Å²) in [6.07, 6.45) is 4.07. The van der Waals surface area contributed by atoms with Crippen LogP contribution in [0.2, 0.25) is 0 Å². The average Bonchev–Trinajstić information content (AvgIpc) is 3.26. The smallest absolute Gasteiger partial charge is 0.320 e. The fraction of sp³-hybridized carbons (Fsp3) is 0.500. The molecule has 0 bridgehead atoms. The lowest BCUT2D eigenvalue weighted by Gasteiger charge is -2.37. The quantitative estimate of drug-likeness (QED) is 0.831. The van der Waals surface area contributed by atoms with Crippen molar-refractivity contribution < 1.29 is 14.3 Å². The Kier molecular flexibility index (Phi) is 4.92. The van der Waals surface area contributed by atoms with E-state index in [0.29, 0.717) is 11.5 Å². The molecule has 2 fully saturated rings. The maximum atomic E-state index is 12.6. The number of nitrogens with zero attached hydrogens (tertiary/aromatic N) is 4. The highest BCUT2D eigenvalue weighted by atomic mass is 16.5. The molecule has 7 heteroatoms. The predicted molar refractivity (Wildman–Crippen MR) is 105 cm³/mol. The Balaban J connectivity index is 1.54. The summed E-state index contributed by atoms with van der Waals surface area (Å²) in [6, 6.07) is 6.13. The third-order valence-corrected chi connectivity index (χ3v) is 5.47. The Bertz CT molecular complexity index is 827. The van der Waals surface area contributed by atoms with Crippen LogP contribution < -0.4 is 14.4 Å². The predicted octanol–water partition coefficient (Wildman–Crippen LogP) is 2.59. The van der Waals surface area contributed by atoms with E-state index in [0.717, 1.165) is 68.7 Å². The Morgan fingerprint density at radius 2 is 1.56 bits per heavy atom. The molecule has 4 rings (SSSR count). The van der Waals surface area contributed by atoms with Gasteiger partial charge in [-0.05, 0) is 36.4 Å². The van der Waals surface area contributed by atoms with Crippen molar-refractivity contribution in [2.75, 3.05) is 58.4 Å². The van der Waals surface area contributed by atoms with Crippen LogP contribution in [0.5, 0.6) is 11.5 Å². The molecule has 144 valence electrons. The van der Waals surface area contributed by atoms with Gasteiger partial charge in [0.1, 0.15) is 5.82 Å². The number of piperazine rings is 1. The summed E-state index contributed by atoms with van der Waals surface area (Å²) in [7, 11) is 3.28. The van der Waals surface area contributed by atoms with Crippen molar-refractivity contribution in [2.24, 2.45) is 0 Å². The van der Waals surface area contributed by atoms with E-state index in [1.165, 1.54) is 0 Å². The SMILES string of the molecule is COc1cc2ccnc(N3CCN(C(=O)N4CCCC4)CC3)c2cc1OC. The largest absolute Gasteiger partial charge is 0.493 e. The number of rotatable bonds is 3. The van der Waals surface area contributed by atoms with Gasteiger partial charge in [-0.1, -0.05) is 0 Å². The van der Waals surface area contributed by atoms with Crippen LogP contribution in [-0.2, 0) is 0 Å². The van der Waals surface area contributed by atoms with Crippen molar-refractivity contribution >= 4 is 22.6 Å². The summed E-state index contributed by atoms with van der Waals surface area (Å²) in [4.78, 5) is 23.4. The van der Waals surface area contributed by atoms with Crippen LogP contribution >= 0.6 is 0 Å². The van der Waals surface area contributed by atoms with E-state index < -0.39 is 0 Å². The summed E-state index contributed by atoms with van der Waals surface area (Å²) < 4.78 is 10.9. The second-order valence-corrected chi connectivity index (χ2v) is 7.01.